The molecule has 0 aliphatic carbocycles. The molecule has 1 unspecified atom stereocenters. The lowest BCUT2D eigenvalue weighted by Crippen LogP contribution is -2.37. The molecule has 1 aliphatic heterocycles. The number of aromatic nitrogens is 2. The minimum atomic E-state index is 0.407. The normalized spacial score (nSPS) is 20.2. The fourth-order valence-corrected chi connectivity index (χ4v) is 3.30. The topological polar surface area (TPSA) is 33.1 Å². The van der Waals surface area contributed by atoms with E-state index in [0.717, 1.165) is 36.0 Å². The molecule has 1 N–H and O–H groups in total. The van der Waals surface area contributed by atoms with Gasteiger partial charge in [-0.3, -0.25) is 9.58 Å². The van der Waals surface area contributed by atoms with Crippen LogP contribution < -0.4 is 5.32 Å². The molecule has 1 saturated heterocycles. The highest BCUT2D eigenvalue weighted by Gasteiger charge is 2.23. The fourth-order valence-electron chi connectivity index (χ4n) is 3.10. The highest BCUT2D eigenvalue weighted by molar-refractivity contribution is 6.30. The number of likely N-dealkylation sites (tertiary alicyclic amines) is 1. The molecule has 0 saturated carbocycles. The molecule has 0 spiro atoms. The lowest BCUT2D eigenvalue weighted by Gasteiger charge is -2.23. The van der Waals surface area contributed by atoms with Crippen LogP contribution in [0.15, 0.2) is 0 Å². The molecule has 20 heavy (non-hydrogen) atoms. The zero-order chi connectivity index (χ0) is 14.7. The van der Waals surface area contributed by atoms with Gasteiger partial charge in [0, 0.05) is 31.7 Å². The van der Waals surface area contributed by atoms with Gasteiger partial charge in [-0.1, -0.05) is 32.4 Å². The van der Waals surface area contributed by atoms with Crippen LogP contribution in [0.4, 0.5) is 0 Å². The van der Waals surface area contributed by atoms with E-state index in [2.05, 4.69) is 36.1 Å². The van der Waals surface area contributed by atoms with Gasteiger partial charge in [0.15, 0.2) is 0 Å². The van der Waals surface area contributed by atoms with E-state index in [4.69, 9.17) is 11.6 Å². The lowest BCUT2D eigenvalue weighted by atomic mass is 10.1. The summed E-state index contributed by atoms with van der Waals surface area (Å²) in [6, 6.07) is 0.679. The minimum absolute atomic E-state index is 0.407. The van der Waals surface area contributed by atoms with Crippen molar-refractivity contribution in [2.45, 2.75) is 52.1 Å². The van der Waals surface area contributed by atoms with Crippen molar-refractivity contribution in [2.75, 3.05) is 19.6 Å². The largest absolute Gasteiger partial charge is 0.311 e. The van der Waals surface area contributed by atoms with Crippen molar-refractivity contribution < 1.29 is 0 Å². The Labute approximate surface area is 127 Å². The van der Waals surface area contributed by atoms with E-state index in [0.29, 0.717) is 12.0 Å². The fraction of sp³-hybridized carbons (Fsp3) is 0.800. The number of halogens is 1. The third-order valence-electron chi connectivity index (χ3n) is 4.23. The maximum Gasteiger partial charge on any atom is 0.131 e. The van der Waals surface area contributed by atoms with E-state index in [1.54, 1.807) is 4.68 Å². The van der Waals surface area contributed by atoms with Crippen molar-refractivity contribution in [3.63, 3.8) is 0 Å². The summed E-state index contributed by atoms with van der Waals surface area (Å²) in [6.07, 6.45) is 2.63. The van der Waals surface area contributed by atoms with Crippen LogP contribution in [0.1, 0.15) is 50.8 Å². The second-order valence-electron chi connectivity index (χ2n) is 5.99. The smallest absolute Gasteiger partial charge is 0.131 e. The summed E-state index contributed by atoms with van der Waals surface area (Å²) in [5.74, 6) is 0.407. The van der Waals surface area contributed by atoms with Crippen LogP contribution in [0.5, 0.6) is 0 Å². The highest BCUT2D eigenvalue weighted by atomic mass is 35.5. The summed E-state index contributed by atoms with van der Waals surface area (Å²) in [4.78, 5) is 2.56. The molecule has 2 heterocycles. The molecule has 1 aliphatic rings. The second kappa shape index (κ2) is 6.92. The molecule has 0 amide bonds. The third kappa shape index (κ3) is 3.35. The Balaban J connectivity index is 1.94. The average molecular weight is 299 g/mol. The van der Waals surface area contributed by atoms with Crippen molar-refractivity contribution in [1.29, 1.82) is 0 Å². The van der Waals surface area contributed by atoms with Gasteiger partial charge in [0.1, 0.15) is 5.15 Å². The first kappa shape index (κ1) is 15.8. The SMILES string of the molecule is CCN1CCCC1CNCc1c(C(C)C)nn(C)c1Cl. The number of nitrogens with zero attached hydrogens (tertiary/aromatic N) is 3. The predicted molar refractivity (Wildman–Crippen MR) is 84.3 cm³/mol. The van der Waals surface area contributed by atoms with E-state index in [1.807, 2.05) is 7.05 Å². The summed E-state index contributed by atoms with van der Waals surface area (Å²) in [6.45, 7) is 10.8. The van der Waals surface area contributed by atoms with Gasteiger partial charge in [-0.2, -0.15) is 5.10 Å². The monoisotopic (exact) mass is 298 g/mol. The van der Waals surface area contributed by atoms with E-state index in [9.17, 15) is 0 Å². The molecule has 0 aromatic carbocycles. The molecule has 5 heteroatoms. The molecule has 114 valence electrons. The van der Waals surface area contributed by atoms with Crippen LogP contribution >= 0.6 is 11.6 Å². The van der Waals surface area contributed by atoms with Crippen LogP contribution in [0.2, 0.25) is 5.15 Å². The molecular weight excluding hydrogens is 272 g/mol. The first-order valence-electron chi connectivity index (χ1n) is 7.70. The van der Waals surface area contributed by atoms with E-state index in [-0.39, 0.29) is 0 Å². The first-order chi connectivity index (χ1) is 9.54. The highest BCUT2D eigenvalue weighted by Crippen LogP contribution is 2.25. The number of rotatable bonds is 6. The molecular formula is C15H27ClN4. The number of hydrogen-bond acceptors (Lipinski definition) is 3. The summed E-state index contributed by atoms with van der Waals surface area (Å²) < 4.78 is 1.78. The summed E-state index contributed by atoms with van der Waals surface area (Å²) in [5.41, 5.74) is 2.27. The summed E-state index contributed by atoms with van der Waals surface area (Å²) in [7, 11) is 1.91. The van der Waals surface area contributed by atoms with Crippen molar-refractivity contribution in [1.82, 2.24) is 20.0 Å². The van der Waals surface area contributed by atoms with Gasteiger partial charge < -0.3 is 5.32 Å². The molecule has 1 fully saturated rings. The average Bonchev–Trinajstić information content (AvgIpc) is 2.97. The predicted octanol–water partition coefficient (Wildman–Crippen LogP) is 2.77. The van der Waals surface area contributed by atoms with Gasteiger partial charge in [0.2, 0.25) is 0 Å². The van der Waals surface area contributed by atoms with Crippen LogP contribution in [0, 0.1) is 0 Å². The van der Waals surface area contributed by atoms with Crippen LogP contribution in [-0.2, 0) is 13.6 Å². The Hall–Kier alpha value is -0.580. The van der Waals surface area contributed by atoms with Crippen LogP contribution in [0.3, 0.4) is 0 Å². The zero-order valence-electron chi connectivity index (χ0n) is 13.1. The quantitative estimate of drug-likeness (QED) is 0.877. The molecule has 4 nitrogen and oxygen atoms in total. The maximum absolute atomic E-state index is 6.36. The van der Waals surface area contributed by atoms with Gasteiger partial charge in [0.05, 0.1) is 5.69 Å². The van der Waals surface area contributed by atoms with Crippen molar-refractivity contribution in [3.8, 4) is 0 Å². The van der Waals surface area contributed by atoms with Crippen LogP contribution in [0.25, 0.3) is 0 Å². The van der Waals surface area contributed by atoms with Gasteiger partial charge in [-0.25, -0.2) is 0 Å². The van der Waals surface area contributed by atoms with Crippen molar-refractivity contribution >= 4 is 11.6 Å². The zero-order valence-corrected chi connectivity index (χ0v) is 13.9. The number of aryl methyl sites for hydroxylation is 1. The van der Waals surface area contributed by atoms with E-state index < -0.39 is 0 Å². The summed E-state index contributed by atoms with van der Waals surface area (Å²) in [5, 5.41) is 8.87. The minimum Gasteiger partial charge on any atom is -0.311 e. The Morgan fingerprint density at radius 3 is 2.85 bits per heavy atom. The molecule has 0 bridgehead atoms. The Morgan fingerprint density at radius 2 is 2.20 bits per heavy atom. The Bertz CT molecular complexity index is 441. The van der Waals surface area contributed by atoms with Gasteiger partial charge in [-0.15, -0.1) is 0 Å². The lowest BCUT2D eigenvalue weighted by molar-refractivity contribution is 0.260. The van der Waals surface area contributed by atoms with Gasteiger partial charge in [0.25, 0.3) is 0 Å². The van der Waals surface area contributed by atoms with E-state index >= 15 is 0 Å². The number of nitrogens with one attached hydrogen (secondary N) is 1. The number of hydrogen-bond donors (Lipinski definition) is 1. The molecule has 1 aromatic heterocycles. The Kier molecular flexibility index (Phi) is 5.47. The van der Waals surface area contributed by atoms with E-state index in [1.165, 1.54) is 19.4 Å². The summed E-state index contributed by atoms with van der Waals surface area (Å²) >= 11 is 6.36. The second-order valence-corrected chi connectivity index (χ2v) is 6.35. The third-order valence-corrected chi connectivity index (χ3v) is 4.71. The standard InChI is InChI=1S/C15H27ClN4/c1-5-20-8-6-7-12(20)9-17-10-13-14(11(2)3)18-19(4)15(13)16/h11-12,17H,5-10H2,1-4H3. The van der Waals surface area contributed by atoms with Crippen molar-refractivity contribution in [3.05, 3.63) is 16.4 Å². The molecule has 0 radical (unpaired) electrons. The maximum atomic E-state index is 6.36. The van der Waals surface area contributed by atoms with Crippen molar-refractivity contribution in [2.24, 2.45) is 7.05 Å². The first-order valence-corrected chi connectivity index (χ1v) is 8.08. The van der Waals surface area contributed by atoms with Gasteiger partial charge in [-0.05, 0) is 31.8 Å². The number of likely N-dealkylation sites (N-methyl/N-ethyl adjacent to an activating group) is 1. The Morgan fingerprint density at radius 1 is 1.45 bits per heavy atom. The molecule has 1 aromatic rings. The molecule has 2 rings (SSSR count). The molecule has 1 atom stereocenters. The van der Waals surface area contributed by atoms with Crippen LogP contribution in [-0.4, -0.2) is 40.4 Å². The van der Waals surface area contributed by atoms with Gasteiger partial charge >= 0.3 is 0 Å².